The summed E-state index contributed by atoms with van der Waals surface area (Å²) in [5.41, 5.74) is 2.19. The van der Waals surface area contributed by atoms with Gasteiger partial charge in [-0.3, -0.25) is 15.5 Å². The van der Waals surface area contributed by atoms with E-state index >= 15 is 0 Å². The minimum atomic E-state index is -0.439. The summed E-state index contributed by atoms with van der Waals surface area (Å²) in [4.78, 5) is 10.6. The van der Waals surface area contributed by atoms with Crippen LogP contribution in [0.15, 0.2) is 48.5 Å². The topological polar surface area (TPSA) is 88.2 Å². The highest BCUT2D eigenvalue weighted by Gasteiger charge is 2.18. The monoisotopic (exact) mass is 325 g/mol. The number of hydrogen-bond donors (Lipinski definition) is 2. The molecular weight excluding hydrogens is 306 g/mol. The first kappa shape index (κ1) is 16.1. The Morgan fingerprint density at radius 1 is 1.29 bits per heavy atom. The van der Waals surface area contributed by atoms with Crippen molar-refractivity contribution < 1.29 is 9.66 Å². The van der Waals surface area contributed by atoms with E-state index < -0.39 is 4.92 Å². The summed E-state index contributed by atoms with van der Waals surface area (Å²) in [5.74, 6) is 0. The maximum Gasteiger partial charge on any atom is 0.270 e. The second kappa shape index (κ2) is 7.23. The number of nitrogens with zero attached hydrogens (tertiary/aromatic N) is 1. The minimum absolute atomic E-state index is 0.0200. The van der Waals surface area contributed by atoms with Crippen LogP contribution in [-0.4, -0.2) is 29.9 Å². The molecule has 0 saturated carbocycles. The van der Waals surface area contributed by atoms with Gasteiger partial charge in [-0.15, -0.1) is 0 Å². The Labute approximate surface area is 140 Å². The summed E-state index contributed by atoms with van der Waals surface area (Å²) >= 11 is 0. The van der Waals surface area contributed by atoms with Gasteiger partial charge >= 0.3 is 0 Å². The fourth-order valence-corrected chi connectivity index (χ4v) is 2.80. The predicted octanol–water partition coefficient (Wildman–Crippen LogP) is 3.60. The zero-order valence-corrected chi connectivity index (χ0v) is 13.2. The van der Waals surface area contributed by atoms with Crippen molar-refractivity contribution in [2.45, 2.75) is 18.9 Å². The third-order valence-corrected chi connectivity index (χ3v) is 4.09. The Balaban J connectivity index is 1.89. The van der Waals surface area contributed by atoms with E-state index in [4.69, 9.17) is 10.1 Å². The van der Waals surface area contributed by atoms with Crippen molar-refractivity contribution in [1.82, 2.24) is 0 Å². The van der Waals surface area contributed by atoms with Gasteiger partial charge in [0, 0.05) is 42.1 Å². The molecule has 0 spiro atoms. The van der Waals surface area contributed by atoms with E-state index in [2.05, 4.69) is 5.32 Å². The van der Waals surface area contributed by atoms with Gasteiger partial charge in [-0.2, -0.15) is 0 Å². The second-order valence-electron chi connectivity index (χ2n) is 5.74. The smallest absolute Gasteiger partial charge is 0.270 e. The quantitative estimate of drug-likeness (QED) is 0.482. The summed E-state index contributed by atoms with van der Waals surface area (Å²) in [5, 5.41) is 22.8. The van der Waals surface area contributed by atoms with Gasteiger partial charge in [-0.25, -0.2) is 0 Å². The Bertz CT molecular complexity index is 740. The largest absolute Gasteiger partial charge is 0.382 e. The first-order valence-electron chi connectivity index (χ1n) is 7.93. The fourth-order valence-electron chi connectivity index (χ4n) is 2.80. The highest BCUT2D eigenvalue weighted by Crippen LogP contribution is 2.25. The molecule has 6 nitrogen and oxygen atoms in total. The Morgan fingerprint density at radius 2 is 2.08 bits per heavy atom. The molecule has 0 bridgehead atoms. The first-order chi connectivity index (χ1) is 11.6. The van der Waals surface area contributed by atoms with Gasteiger partial charge in [-0.05, 0) is 18.9 Å². The van der Waals surface area contributed by atoms with E-state index in [-0.39, 0.29) is 17.5 Å². The molecule has 124 valence electrons. The molecule has 6 heteroatoms. The van der Waals surface area contributed by atoms with Crippen LogP contribution in [0, 0.1) is 15.5 Å². The van der Waals surface area contributed by atoms with Crippen molar-refractivity contribution in [1.29, 1.82) is 5.41 Å². The Morgan fingerprint density at radius 3 is 2.75 bits per heavy atom. The van der Waals surface area contributed by atoms with Gasteiger partial charge in [0.2, 0.25) is 0 Å². The van der Waals surface area contributed by atoms with Crippen LogP contribution in [0.2, 0.25) is 0 Å². The molecule has 0 radical (unpaired) electrons. The van der Waals surface area contributed by atoms with Crippen LogP contribution < -0.4 is 5.32 Å². The molecule has 1 aliphatic rings. The number of nitro benzene ring substituents is 1. The molecule has 1 saturated heterocycles. The number of benzene rings is 2. The van der Waals surface area contributed by atoms with Crippen LogP contribution >= 0.6 is 0 Å². The van der Waals surface area contributed by atoms with Crippen molar-refractivity contribution in [3.05, 3.63) is 69.8 Å². The molecule has 1 heterocycles. The molecule has 1 aliphatic heterocycles. The van der Waals surface area contributed by atoms with E-state index in [1.54, 1.807) is 6.07 Å². The lowest BCUT2D eigenvalue weighted by molar-refractivity contribution is -0.384. The number of nitrogens with one attached hydrogen (secondary N) is 2. The zero-order valence-electron chi connectivity index (χ0n) is 13.2. The molecule has 2 aromatic carbocycles. The van der Waals surface area contributed by atoms with Crippen LogP contribution in [0.25, 0.3) is 0 Å². The van der Waals surface area contributed by atoms with Crippen molar-refractivity contribution >= 4 is 17.1 Å². The lowest BCUT2D eigenvalue weighted by Crippen LogP contribution is -2.20. The molecule has 2 N–H and O–H groups in total. The molecular formula is C18H19N3O3. The molecule has 2 aromatic rings. The molecule has 1 unspecified atom stereocenters. The van der Waals surface area contributed by atoms with Crippen molar-refractivity contribution in [2.24, 2.45) is 0 Å². The van der Waals surface area contributed by atoms with Gasteiger partial charge in [0.25, 0.3) is 5.69 Å². The van der Waals surface area contributed by atoms with Gasteiger partial charge in [0.1, 0.15) is 0 Å². The number of hydrogen-bond acceptors (Lipinski definition) is 5. The van der Waals surface area contributed by atoms with Crippen LogP contribution in [0.4, 0.5) is 11.4 Å². The summed E-state index contributed by atoms with van der Waals surface area (Å²) in [6.45, 7) is 1.41. The van der Waals surface area contributed by atoms with E-state index in [1.165, 1.54) is 12.1 Å². The van der Waals surface area contributed by atoms with Gasteiger partial charge in [-0.1, -0.05) is 30.3 Å². The molecule has 24 heavy (non-hydrogen) atoms. The van der Waals surface area contributed by atoms with Crippen LogP contribution in [0.1, 0.15) is 24.0 Å². The summed E-state index contributed by atoms with van der Waals surface area (Å²) in [6, 6.07) is 13.8. The number of rotatable bonds is 6. The highest BCUT2D eigenvalue weighted by atomic mass is 16.6. The maximum absolute atomic E-state index is 11.1. The second-order valence-corrected chi connectivity index (χ2v) is 5.74. The Kier molecular flexibility index (Phi) is 4.86. The number of anilines is 1. The highest BCUT2D eigenvalue weighted by molar-refractivity contribution is 6.14. The van der Waals surface area contributed by atoms with Crippen LogP contribution in [0.5, 0.6) is 0 Å². The SMILES string of the molecule is N=C(c1ccccc1)c1cc([N+](=O)[O-])ccc1NCC1CCCO1. The van der Waals surface area contributed by atoms with Crippen molar-refractivity contribution in [2.75, 3.05) is 18.5 Å². The van der Waals surface area contributed by atoms with Gasteiger partial charge < -0.3 is 10.1 Å². The number of non-ortho nitro benzene ring substituents is 1. The van der Waals surface area contributed by atoms with E-state index in [1.807, 2.05) is 30.3 Å². The third kappa shape index (κ3) is 3.60. The first-order valence-corrected chi connectivity index (χ1v) is 7.93. The molecule has 1 fully saturated rings. The average molecular weight is 325 g/mol. The Hall–Kier alpha value is -2.73. The third-order valence-electron chi connectivity index (χ3n) is 4.09. The summed E-state index contributed by atoms with van der Waals surface area (Å²) < 4.78 is 5.60. The van der Waals surface area contributed by atoms with Crippen molar-refractivity contribution in [3.63, 3.8) is 0 Å². The number of nitro groups is 1. The fraction of sp³-hybridized carbons (Fsp3) is 0.278. The van der Waals surface area contributed by atoms with Gasteiger partial charge in [0.15, 0.2) is 0 Å². The van der Waals surface area contributed by atoms with Gasteiger partial charge in [0.05, 0.1) is 16.7 Å². The molecule has 3 rings (SSSR count). The lowest BCUT2D eigenvalue weighted by atomic mass is 10.00. The standard InChI is InChI=1S/C18H19N3O3/c19-18(13-5-2-1-3-6-13)16-11-14(21(22)23)8-9-17(16)20-12-15-7-4-10-24-15/h1-3,5-6,8-9,11,15,19-20H,4,7,10,12H2. The van der Waals surface area contributed by atoms with Crippen LogP contribution in [0.3, 0.4) is 0 Å². The minimum Gasteiger partial charge on any atom is -0.382 e. The van der Waals surface area contributed by atoms with E-state index in [0.29, 0.717) is 17.8 Å². The molecule has 0 amide bonds. The number of ether oxygens (including phenoxy) is 1. The molecule has 1 atom stereocenters. The zero-order chi connectivity index (χ0) is 16.9. The maximum atomic E-state index is 11.1. The average Bonchev–Trinajstić information content (AvgIpc) is 3.13. The summed E-state index contributed by atoms with van der Waals surface area (Å²) in [7, 11) is 0. The van der Waals surface area contributed by atoms with Crippen LogP contribution in [-0.2, 0) is 4.74 Å². The van der Waals surface area contributed by atoms with E-state index in [0.717, 1.165) is 25.0 Å². The lowest BCUT2D eigenvalue weighted by Gasteiger charge is -2.16. The summed E-state index contributed by atoms with van der Waals surface area (Å²) in [6.07, 6.45) is 2.21. The predicted molar refractivity (Wildman–Crippen MR) is 92.9 cm³/mol. The van der Waals surface area contributed by atoms with Crippen molar-refractivity contribution in [3.8, 4) is 0 Å². The molecule has 0 aromatic heterocycles. The normalized spacial score (nSPS) is 16.8. The van der Waals surface area contributed by atoms with E-state index in [9.17, 15) is 10.1 Å². The molecule has 0 aliphatic carbocycles.